The Morgan fingerprint density at radius 1 is 1.20 bits per heavy atom. The summed E-state index contributed by atoms with van der Waals surface area (Å²) >= 11 is 0. The number of ether oxygens (including phenoxy) is 1. The van der Waals surface area contributed by atoms with E-state index in [1.165, 1.54) is 13.2 Å². The molecule has 0 saturated carbocycles. The highest BCUT2D eigenvalue weighted by Gasteiger charge is 2.31. The zero-order valence-electron chi connectivity index (χ0n) is 17.2. The van der Waals surface area contributed by atoms with Crippen LogP contribution < -0.4 is 15.0 Å². The largest absolute Gasteiger partial charge is 0.480 e. The van der Waals surface area contributed by atoms with E-state index in [2.05, 4.69) is 10.3 Å². The minimum Gasteiger partial charge on any atom is -0.480 e. The van der Waals surface area contributed by atoms with Crippen LogP contribution in [0.5, 0.6) is 5.88 Å². The summed E-state index contributed by atoms with van der Waals surface area (Å²) in [6, 6.07) is 6.83. The van der Waals surface area contributed by atoms with Crippen LogP contribution in [-0.4, -0.2) is 49.2 Å². The molecule has 0 bridgehead atoms. The van der Waals surface area contributed by atoms with Gasteiger partial charge in [0.05, 0.1) is 12.7 Å². The minimum atomic E-state index is -4.38. The van der Waals surface area contributed by atoms with E-state index in [9.17, 15) is 18.0 Å². The number of carbonyl (C=O) groups is 1. The average Bonchev–Trinajstić information content (AvgIpc) is 2.74. The number of amides is 2. The molecule has 1 aromatic heterocycles. The third-order valence-electron chi connectivity index (χ3n) is 5.20. The van der Waals surface area contributed by atoms with Crippen LogP contribution in [0.4, 0.5) is 29.3 Å². The van der Waals surface area contributed by atoms with Gasteiger partial charge >= 0.3 is 12.2 Å². The average molecular weight is 422 g/mol. The number of rotatable bonds is 4. The van der Waals surface area contributed by atoms with Gasteiger partial charge in [0.1, 0.15) is 5.69 Å². The normalized spacial score (nSPS) is 14.6. The van der Waals surface area contributed by atoms with Gasteiger partial charge in [-0.2, -0.15) is 13.2 Å². The van der Waals surface area contributed by atoms with Gasteiger partial charge in [0.25, 0.3) is 0 Å². The van der Waals surface area contributed by atoms with Crippen LogP contribution in [0, 0.1) is 6.92 Å². The number of nitrogens with one attached hydrogen (secondary N) is 1. The van der Waals surface area contributed by atoms with Crippen LogP contribution in [0.1, 0.15) is 23.7 Å². The molecule has 2 aromatic rings. The molecule has 6 nitrogen and oxygen atoms in total. The fraction of sp³-hybridized carbons (Fsp3) is 0.429. The predicted molar refractivity (Wildman–Crippen MR) is 109 cm³/mol. The van der Waals surface area contributed by atoms with E-state index >= 15 is 0 Å². The molecule has 1 aliphatic rings. The maximum Gasteiger partial charge on any atom is 0.416 e. The molecule has 0 atom stereocenters. The van der Waals surface area contributed by atoms with Gasteiger partial charge in [-0.25, -0.2) is 9.78 Å². The Morgan fingerprint density at radius 3 is 2.50 bits per heavy atom. The number of piperazine rings is 1. The molecule has 1 N–H and O–H groups in total. The fourth-order valence-electron chi connectivity index (χ4n) is 3.47. The number of hydrogen-bond donors (Lipinski definition) is 1. The second-order valence-electron chi connectivity index (χ2n) is 7.10. The summed E-state index contributed by atoms with van der Waals surface area (Å²) in [5.41, 5.74) is 2.19. The first kappa shape index (κ1) is 21.7. The van der Waals surface area contributed by atoms with Crippen molar-refractivity contribution in [3.8, 4) is 5.88 Å². The Labute approximate surface area is 173 Å². The zero-order chi connectivity index (χ0) is 21.9. The molecule has 1 aliphatic heterocycles. The fourth-order valence-corrected chi connectivity index (χ4v) is 3.47. The summed E-state index contributed by atoms with van der Waals surface area (Å²) in [7, 11) is 1.50. The summed E-state index contributed by atoms with van der Waals surface area (Å²) in [6.45, 7) is 5.57. The van der Waals surface area contributed by atoms with Gasteiger partial charge in [-0.1, -0.05) is 13.0 Å². The van der Waals surface area contributed by atoms with Crippen LogP contribution >= 0.6 is 0 Å². The lowest BCUT2D eigenvalue weighted by molar-refractivity contribution is -0.137. The number of methoxy groups -OCH3 is 1. The summed E-state index contributed by atoms with van der Waals surface area (Å²) < 4.78 is 44.2. The molecule has 0 radical (unpaired) electrons. The molecule has 0 aliphatic carbocycles. The van der Waals surface area contributed by atoms with Crippen molar-refractivity contribution in [1.29, 1.82) is 0 Å². The first-order valence-electron chi connectivity index (χ1n) is 9.75. The minimum absolute atomic E-state index is 0.287. The number of aryl methyl sites for hydroxylation is 2. The number of urea groups is 1. The van der Waals surface area contributed by atoms with E-state index in [-0.39, 0.29) is 6.03 Å². The van der Waals surface area contributed by atoms with E-state index < -0.39 is 11.7 Å². The number of carbonyl (C=O) groups excluding carboxylic acids is 1. The first-order chi connectivity index (χ1) is 14.2. The quantitative estimate of drug-likeness (QED) is 0.797. The van der Waals surface area contributed by atoms with Crippen LogP contribution in [0.15, 0.2) is 30.3 Å². The maximum absolute atomic E-state index is 13.0. The molecule has 1 saturated heterocycles. The molecule has 3 rings (SSSR count). The van der Waals surface area contributed by atoms with Crippen molar-refractivity contribution in [3.63, 3.8) is 0 Å². The number of hydrogen-bond acceptors (Lipinski definition) is 4. The Bertz CT molecular complexity index is 910. The molecule has 162 valence electrons. The third-order valence-corrected chi connectivity index (χ3v) is 5.20. The van der Waals surface area contributed by atoms with E-state index in [0.29, 0.717) is 43.4 Å². The van der Waals surface area contributed by atoms with Gasteiger partial charge in [0, 0.05) is 37.6 Å². The SMILES string of the molecule is CCc1cc(NC(=O)N2CCN(c3cccc(C(F)(F)F)c3)CC2)c(OC)nc1C. The van der Waals surface area contributed by atoms with Crippen molar-refractivity contribution in [2.24, 2.45) is 0 Å². The Kier molecular flexibility index (Phi) is 6.38. The van der Waals surface area contributed by atoms with Crippen molar-refractivity contribution >= 4 is 17.4 Å². The predicted octanol–water partition coefficient (Wildman–Crippen LogP) is 4.33. The maximum atomic E-state index is 13.0. The molecule has 30 heavy (non-hydrogen) atoms. The van der Waals surface area contributed by atoms with Gasteiger partial charge in [0.15, 0.2) is 0 Å². The van der Waals surface area contributed by atoms with E-state index in [0.717, 1.165) is 29.8 Å². The number of nitrogens with zero attached hydrogens (tertiary/aromatic N) is 3. The first-order valence-corrected chi connectivity index (χ1v) is 9.75. The van der Waals surface area contributed by atoms with Crippen LogP contribution in [0.2, 0.25) is 0 Å². The Hall–Kier alpha value is -2.97. The summed E-state index contributed by atoms with van der Waals surface area (Å²) in [5.74, 6) is 0.348. The monoisotopic (exact) mass is 422 g/mol. The van der Waals surface area contributed by atoms with E-state index in [1.807, 2.05) is 24.8 Å². The van der Waals surface area contributed by atoms with Crippen molar-refractivity contribution in [1.82, 2.24) is 9.88 Å². The number of pyridine rings is 1. The molecule has 0 spiro atoms. The van der Waals surface area contributed by atoms with E-state index in [1.54, 1.807) is 11.0 Å². The number of aromatic nitrogens is 1. The summed E-state index contributed by atoms with van der Waals surface area (Å²) in [4.78, 5) is 20.6. The molecule has 1 fully saturated rings. The number of anilines is 2. The van der Waals surface area contributed by atoms with Crippen LogP contribution in [0.3, 0.4) is 0 Å². The van der Waals surface area contributed by atoms with Gasteiger partial charge in [-0.3, -0.25) is 0 Å². The van der Waals surface area contributed by atoms with E-state index in [4.69, 9.17) is 4.74 Å². The summed E-state index contributed by atoms with van der Waals surface area (Å²) in [6.07, 6.45) is -3.60. The van der Waals surface area contributed by atoms with Gasteiger partial charge < -0.3 is 19.9 Å². The lowest BCUT2D eigenvalue weighted by Crippen LogP contribution is -2.50. The highest BCUT2D eigenvalue weighted by Crippen LogP contribution is 2.32. The Balaban J connectivity index is 1.65. The third kappa shape index (κ3) is 4.77. The highest BCUT2D eigenvalue weighted by molar-refractivity contribution is 5.91. The van der Waals surface area contributed by atoms with Crippen molar-refractivity contribution < 1.29 is 22.7 Å². The van der Waals surface area contributed by atoms with Crippen molar-refractivity contribution in [3.05, 3.63) is 47.2 Å². The topological polar surface area (TPSA) is 57.7 Å². The molecule has 2 heterocycles. The molecule has 0 unspecified atom stereocenters. The standard InChI is InChI=1S/C21H25F3N4O2/c1-4-15-12-18(19(30-3)25-14(15)2)26-20(29)28-10-8-27(9-11-28)17-7-5-6-16(13-17)21(22,23)24/h5-7,12-13H,4,8-11H2,1-3H3,(H,26,29). The molecular weight excluding hydrogens is 397 g/mol. The van der Waals surface area contributed by atoms with Crippen LogP contribution in [-0.2, 0) is 12.6 Å². The number of halogens is 3. The molecule has 2 amide bonds. The van der Waals surface area contributed by atoms with Gasteiger partial charge in [-0.15, -0.1) is 0 Å². The summed E-state index contributed by atoms with van der Waals surface area (Å²) in [5, 5.41) is 2.85. The second-order valence-corrected chi connectivity index (χ2v) is 7.10. The van der Waals surface area contributed by atoms with Crippen molar-refractivity contribution in [2.75, 3.05) is 43.5 Å². The smallest absolute Gasteiger partial charge is 0.416 e. The second kappa shape index (κ2) is 8.81. The van der Waals surface area contributed by atoms with Crippen molar-refractivity contribution in [2.45, 2.75) is 26.4 Å². The lowest BCUT2D eigenvalue weighted by Gasteiger charge is -2.36. The number of benzene rings is 1. The van der Waals surface area contributed by atoms with Gasteiger partial charge in [-0.05, 0) is 43.2 Å². The number of alkyl halides is 3. The zero-order valence-corrected chi connectivity index (χ0v) is 17.2. The van der Waals surface area contributed by atoms with Crippen LogP contribution in [0.25, 0.3) is 0 Å². The highest BCUT2D eigenvalue weighted by atomic mass is 19.4. The molecular formula is C21H25F3N4O2. The molecule has 1 aromatic carbocycles. The lowest BCUT2D eigenvalue weighted by atomic mass is 10.1. The van der Waals surface area contributed by atoms with Gasteiger partial charge in [0.2, 0.25) is 5.88 Å². The molecule has 9 heteroatoms. The Morgan fingerprint density at radius 2 is 1.90 bits per heavy atom.